The molecule has 2 N–H and O–H groups in total. The number of amides is 1. The summed E-state index contributed by atoms with van der Waals surface area (Å²) in [5.74, 6) is 1.16. The van der Waals surface area contributed by atoms with Gasteiger partial charge in [-0.25, -0.2) is 8.42 Å². The second-order valence-electron chi connectivity index (χ2n) is 6.76. The van der Waals surface area contributed by atoms with Crippen LogP contribution in [0.4, 0.5) is 11.4 Å². The van der Waals surface area contributed by atoms with E-state index in [1.54, 1.807) is 44.4 Å². The molecule has 3 rings (SSSR count). The Bertz CT molecular complexity index is 1140. The van der Waals surface area contributed by atoms with E-state index >= 15 is 0 Å². The SMILES string of the molecule is CCCS(=O)(=O)Nc1cccc(NC(=O)CSc2nnc(-c3ccco3)n2CC)c1C. The molecule has 1 amide bonds. The van der Waals surface area contributed by atoms with Crippen molar-refractivity contribution in [2.75, 3.05) is 21.5 Å². The van der Waals surface area contributed by atoms with Crippen LogP contribution in [-0.2, 0) is 21.4 Å². The number of nitrogens with one attached hydrogen (secondary N) is 2. The van der Waals surface area contributed by atoms with E-state index in [2.05, 4.69) is 20.2 Å². The van der Waals surface area contributed by atoms with Gasteiger partial charge in [0.15, 0.2) is 16.7 Å². The highest BCUT2D eigenvalue weighted by atomic mass is 32.2. The van der Waals surface area contributed by atoms with Crippen LogP contribution in [0.1, 0.15) is 25.8 Å². The van der Waals surface area contributed by atoms with Gasteiger partial charge in [0, 0.05) is 12.2 Å². The number of sulfonamides is 1. The monoisotopic (exact) mass is 463 g/mol. The van der Waals surface area contributed by atoms with Crippen LogP contribution in [0, 0.1) is 6.92 Å². The number of nitrogens with zero attached hydrogens (tertiary/aromatic N) is 3. The zero-order chi connectivity index (χ0) is 22.4. The van der Waals surface area contributed by atoms with Gasteiger partial charge in [-0.15, -0.1) is 10.2 Å². The smallest absolute Gasteiger partial charge is 0.234 e. The van der Waals surface area contributed by atoms with E-state index in [1.165, 1.54) is 11.8 Å². The van der Waals surface area contributed by atoms with Crippen LogP contribution in [0.3, 0.4) is 0 Å². The van der Waals surface area contributed by atoms with Crippen molar-refractivity contribution in [1.29, 1.82) is 0 Å². The van der Waals surface area contributed by atoms with E-state index in [0.29, 0.717) is 46.6 Å². The Kier molecular flexibility index (Phi) is 7.39. The zero-order valence-corrected chi connectivity index (χ0v) is 19.2. The summed E-state index contributed by atoms with van der Waals surface area (Å²) in [7, 11) is -3.42. The fourth-order valence-electron chi connectivity index (χ4n) is 2.95. The summed E-state index contributed by atoms with van der Waals surface area (Å²) in [6, 6.07) is 8.69. The molecule has 0 bridgehead atoms. The highest BCUT2D eigenvalue weighted by Gasteiger charge is 2.17. The molecule has 0 spiro atoms. The first-order valence-corrected chi connectivity index (χ1v) is 12.5. The van der Waals surface area contributed by atoms with Crippen molar-refractivity contribution < 1.29 is 17.6 Å². The molecule has 1 aromatic carbocycles. The number of hydrogen-bond donors (Lipinski definition) is 2. The number of furan rings is 1. The standard InChI is InChI=1S/C20H25N5O4S2/c1-4-12-31(27,28)24-16-9-6-8-15(14(16)3)21-18(26)13-30-20-23-22-19(25(20)5-2)17-10-7-11-29-17/h6-11,24H,4-5,12-13H2,1-3H3,(H,21,26). The van der Waals surface area contributed by atoms with E-state index in [4.69, 9.17) is 4.42 Å². The van der Waals surface area contributed by atoms with Gasteiger partial charge >= 0.3 is 0 Å². The number of benzene rings is 1. The van der Waals surface area contributed by atoms with Crippen LogP contribution >= 0.6 is 11.8 Å². The molecule has 2 heterocycles. The van der Waals surface area contributed by atoms with E-state index in [9.17, 15) is 13.2 Å². The number of aromatic nitrogens is 3. The third-order valence-corrected chi connectivity index (χ3v) is 6.90. The summed E-state index contributed by atoms with van der Waals surface area (Å²) in [4.78, 5) is 12.5. The molecule has 31 heavy (non-hydrogen) atoms. The summed E-state index contributed by atoms with van der Waals surface area (Å²) >= 11 is 1.27. The van der Waals surface area contributed by atoms with E-state index in [-0.39, 0.29) is 17.4 Å². The normalized spacial score (nSPS) is 11.5. The molecular weight excluding hydrogens is 438 g/mol. The summed E-state index contributed by atoms with van der Waals surface area (Å²) in [6.45, 7) is 6.16. The molecule has 166 valence electrons. The fraction of sp³-hybridized carbons (Fsp3) is 0.350. The minimum atomic E-state index is -3.42. The molecular formula is C20H25N5O4S2. The Morgan fingerprint density at radius 1 is 1.16 bits per heavy atom. The molecule has 0 fully saturated rings. The summed E-state index contributed by atoms with van der Waals surface area (Å²) < 4.78 is 34.0. The number of carbonyl (C=O) groups excluding carboxylic acids is 1. The van der Waals surface area contributed by atoms with E-state index < -0.39 is 10.0 Å². The van der Waals surface area contributed by atoms with Crippen molar-refractivity contribution in [1.82, 2.24) is 14.8 Å². The van der Waals surface area contributed by atoms with Gasteiger partial charge in [-0.2, -0.15) is 0 Å². The highest BCUT2D eigenvalue weighted by molar-refractivity contribution is 7.99. The van der Waals surface area contributed by atoms with Gasteiger partial charge < -0.3 is 9.73 Å². The number of hydrogen-bond acceptors (Lipinski definition) is 7. The van der Waals surface area contributed by atoms with E-state index in [0.717, 1.165) is 0 Å². The van der Waals surface area contributed by atoms with E-state index in [1.807, 2.05) is 17.6 Å². The third-order valence-electron chi connectivity index (χ3n) is 4.45. The molecule has 0 radical (unpaired) electrons. The summed E-state index contributed by atoms with van der Waals surface area (Å²) in [5, 5.41) is 11.8. The second kappa shape index (κ2) is 10.0. The van der Waals surface area contributed by atoms with Crippen LogP contribution < -0.4 is 10.0 Å². The molecule has 9 nitrogen and oxygen atoms in total. The Hall–Kier alpha value is -2.79. The van der Waals surface area contributed by atoms with Gasteiger partial charge in [-0.05, 0) is 50.1 Å². The molecule has 0 saturated heterocycles. The number of thioether (sulfide) groups is 1. The van der Waals surface area contributed by atoms with Crippen molar-refractivity contribution in [3.05, 3.63) is 42.2 Å². The minimum absolute atomic E-state index is 0.0395. The topological polar surface area (TPSA) is 119 Å². The fourth-order valence-corrected chi connectivity index (χ4v) is 4.95. The lowest BCUT2D eigenvalue weighted by atomic mass is 10.1. The highest BCUT2D eigenvalue weighted by Crippen LogP contribution is 2.26. The van der Waals surface area contributed by atoms with Gasteiger partial charge in [0.2, 0.25) is 15.9 Å². The summed E-state index contributed by atoms with van der Waals surface area (Å²) in [5.41, 5.74) is 1.65. The lowest BCUT2D eigenvalue weighted by molar-refractivity contribution is -0.113. The largest absolute Gasteiger partial charge is 0.461 e. The maximum Gasteiger partial charge on any atom is 0.234 e. The Balaban J connectivity index is 1.66. The first kappa shape index (κ1) is 22.9. The van der Waals surface area contributed by atoms with Crippen molar-refractivity contribution in [3.63, 3.8) is 0 Å². The van der Waals surface area contributed by atoms with Gasteiger partial charge in [-0.1, -0.05) is 24.8 Å². The first-order chi connectivity index (χ1) is 14.8. The Morgan fingerprint density at radius 3 is 2.61 bits per heavy atom. The maximum atomic E-state index is 12.5. The van der Waals surface area contributed by atoms with Crippen molar-refractivity contribution in [2.24, 2.45) is 0 Å². The average molecular weight is 464 g/mol. The van der Waals surface area contributed by atoms with Crippen LogP contribution in [0.5, 0.6) is 0 Å². The second-order valence-corrected chi connectivity index (χ2v) is 9.55. The molecule has 11 heteroatoms. The quantitative estimate of drug-likeness (QED) is 0.440. The molecule has 2 aromatic heterocycles. The van der Waals surface area contributed by atoms with Crippen molar-refractivity contribution >= 4 is 39.1 Å². The minimum Gasteiger partial charge on any atom is -0.461 e. The lowest BCUT2D eigenvalue weighted by Crippen LogP contribution is -2.18. The van der Waals surface area contributed by atoms with Crippen LogP contribution in [-0.4, -0.2) is 40.6 Å². The number of anilines is 2. The zero-order valence-electron chi connectivity index (χ0n) is 17.6. The first-order valence-electron chi connectivity index (χ1n) is 9.84. The van der Waals surface area contributed by atoms with Crippen LogP contribution in [0.15, 0.2) is 46.2 Å². The van der Waals surface area contributed by atoms with Crippen molar-refractivity contribution in [2.45, 2.75) is 38.9 Å². The predicted molar refractivity (Wildman–Crippen MR) is 122 cm³/mol. The Labute approximate surface area is 185 Å². The number of rotatable bonds is 10. The molecule has 0 aliphatic heterocycles. The maximum absolute atomic E-state index is 12.5. The number of carbonyl (C=O) groups is 1. The predicted octanol–water partition coefficient (Wildman–Crippen LogP) is 3.75. The molecule has 0 aliphatic rings. The molecule has 0 atom stereocenters. The van der Waals surface area contributed by atoms with Gasteiger partial charge in [-0.3, -0.25) is 14.1 Å². The molecule has 0 unspecified atom stereocenters. The summed E-state index contributed by atoms with van der Waals surface area (Å²) in [6.07, 6.45) is 2.09. The molecule has 3 aromatic rings. The van der Waals surface area contributed by atoms with Crippen LogP contribution in [0.2, 0.25) is 0 Å². The third kappa shape index (κ3) is 5.67. The van der Waals surface area contributed by atoms with Crippen molar-refractivity contribution in [3.8, 4) is 11.6 Å². The van der Waals surface area contributed by atoms with Gasteiger partial charge in [0.1, 0.15) is 0 Å². The molecule has 0 aliphatic carbocycles. The van der Waals surface area contributed by atoms with Gasteiger partial charge in [0.25, 0.3) is 0 Å². The average Bonchev–Trinajstić information content (AvgIpc) is 3.38. The van der Waals surface area contributed by atoms with Crippen LogP contribution in [0.25, 0.3) is 11.6 Å². The Morgan fingerprint density at radius 2 is 1.94 bits per heavy atom. The molecule has 0 saturated carbocycles. The lowest BCUT2D eigenvalue weighted by Gasteiger charge is -2.14. The van der Waals surface area contributed by atoms with Gasteiger partial charge in [0.05, 0.1) is 23.5 Å².